The number of amides is 2. The van der Waals surface area contributed by atoms with Crippen LogP contribution < -0.4 is 10.1 Å². The summed E-state index contributed by atoms with van der Waals surface area (Å²) in [5, 5.41) is 3.85. The number of hydrogen-bond acceptors (Lipinski definition) is 3. The highest BCUT2D eigenvalue weighted by molar-refractivity contribution is 6.02. The molecule has 132 valence electrons. The van der Waals surface area contributed by atoms with Gasteiger partial charge in [-0.2, -0.15) is 0 Å². The van der Waals surface area contributed by atoms with Crippen molar-refractivity contribution in [3.8, 4) is 5.75 Å². The summed E-state index contributed by atoms with van der Waals surface area (Å²) >= 11 is 0. The zero-order valence-corrected chi connectivity index (χ0v) is 14.4. The van der Waals surface area contributed by atoms with Crippen molar-refractivity contribution >= 4 is 28.4 Å². The zero-order valence-electron chi connectivity index (χ0n) is 14.4. The van der Waals surface area contributed by atoms with Crippen molar-refractivity contribution in [2.24, 2.45) is 0 Å². The van der Waals surface area contributed by atoms with E-state index in [9.17, 15) is 9.59 Å². The van der Waals surface area contributed by atoms with Gasteiger partial charge in [-0.05, 0) is 18.2 Å². The van der Waals surface area contributed by atoms with Crippen LogP contribution in [0, 0.1) is 0 Å². The monoisotopic (exact) mass is 349 g/mol. The number of aromatic amines is 1. The summed E-state index contributed by atoms with van der Waals surface area (Å²) in [5.41, 5.74) is 2.31. The number of carbonyl (C=O) groups excluding carboxylic acids is 2. The molecule has 2 N–H and O–H groups in total. The Hall–Kier alpha value is -3.28. The quantitative estimate of drug-likeness (QED) is 0.695. The van der Waals surface area contributed by atoms with E-state index >= 15 is 0 Å². The number of β-lactam (4-membered cyclic amide) rings is 1. The number of methoxy groups -OCH3 is 1. The molecule has 0 radical (unpaired) electrons. The van der Waals surface area contributed by atoms with E-state index in [2.05, 4.69) is 10.3 Å². The molecule has 2 aromatic carbocycles. The molecule has 1 fully saturated rings. The number of hydrogen-bond donors (Lipinski definition) is 2. The zero-order chi connectivity index (χ0) is 18.1. The SMILES string of the molecule is COc1ccccc1NC(=O)[C@H](c1c[nH]c2ccccc12)N1CCC1=O. The van der Waals surface area contributed by atoms with Gasteiger partial charge in [-0.1, -0.05) is 30.3 Å². The van der Waals surface area contributed by atoms with Crippen LogP contribution in [0.4, 0.5) is 5.69 Å². The first-order valence-electron chi connectivity index (χ1n) is 8.48. The minimum Gasteiger partial charge on any atom is -0.495 e. The molecule has 2 amide bonds. The minimum absolute atomic E-state index is 0.0181. The van der Waals surface area contributed by atoms with Crippen LogP contribution in [0.15, 0.2) is 54.7 Å². The maximum Gasteiger partial charge on any atom is 0.252 e. The highest BCUT2D eigenvalue weighted by atomic mass is 16.5. The summed E-state index contributed by atoms with van der Waals surface area (Å²) in [4.78, 5) is 30.0. The standard InChI is InChI=1S/C20H19N3O3/c1-26-17-9-5-4-8-16(17)22-20(25)19(23-11-10-18(23)24)14-12-21-15-7-3-2-6-13(14)15/h2-9,12,19,21H,10-11H2,1H3,(H,22,25)/t19-/m0/s1. The summed E-state index contributed by atoms with van der Waals surface area (Å²) in [6, 6.07) is 14.3. The Labute approximate surface area is 150 Å². The van der Waals surface area contributed by atoms with Gasteiger partial charge < -0.3 is 19.9 Å². The van der Waals surface area contributed by atoms with E-state index in [0.29, 0.717) is 24.4 Å². The van der Waals surface area contributed by atoms with E-state index < -0.39 is 6.04 Å². The summed E-state index contributed by atoms with van der Waals surface area (Å²) in [6.45, 7) is 0.572. The van der Waals surface area contributed by atoms with Gasteiger partial charge in [0.2, 0.25) is 5.91 Å². The minimum atomic E-state index is -0.683. The van der Waals surface area contributed by atoms with Gasteiger partial charge in [-0.25, -0.2) is 0 Å². The highest BCUT2D eigenvalue weighted by Gasteiger charge is 2.38. The van der Waals surface area contributed by atoms with Gasteiger partial charge >= 0.3 is 0 Å². The maximum absolute atomic E-state index is 13.1. The lowest BCUT2D eigenvalue weighted by Crippen LogP contribution is -2.49. The van der Waals surface area contributed by atoms with E-state index in [1.807, 2.05) is 42.6 Å². The Balaban J connectivity index is 1.72. The van der Waals surface area contributed by atoms with Gasteiger partial charge in [0.1, 0.15) is 11.8 Å². The number of nitrogens with zero attached hydrogens (tertiary/aromatic N) is 1. The molecule has 0 saturated carbocycles. The molecule has 1 saturated heterocycles. The Morgan fingerprint density at radius 1 is 1.19 bits per heavy atom. The molecule has 0 unspecified atom stereocenters. The number of ether oxygens (including phenoxy) is 1. The maximum atomic E-state index is 13.1. The molecule has 0 aliphatic carbocycles. The summed E-state index contributed by atoms with van der Waals surface area (Å²) < 4.78 is 5.31. The van der Waals surface area contributed by atoms with Gasteiger partial charge in [0.05, 0.1) is 12.8 Å². The second-order valence-electron chi connectivity index (χ2n) is 6.22. The van der Waals surface area contributed by atoms with Gasteiger partial charge in [-0.15, -0.1) is 0 Å². The van der Waals surface area contributed by atoms with Gasteiger partial charge in [0.15, 0.2) is 0 Å². The lowest BCUT2D eigenvalue weighted by atomic mass is 9.99. The molecule has 1 aliphatic heterocycles. The molecular formula is C20H19N3O3. The van der Waals surface area contributed by atoms with Gasteiger partial charge in [0, 0.05) is 35.6 Å². The molecule has 6 nitrogen and oxygen atoms in total. The molecule has 1 aromatic heterocycles. The van der Waals surface area contributed by atoms with Crippen molar-refractivity contribution in [1.82, 2.24) is 9.88 Å². The average molecular weight is 349 g/mol. The molecule has 1 atom stereocenters. The van der Waals surface area contributed by atoms with Crippen LogP contribution in [0.3, 0.4) is 0 Å². The molecule has 4 rings (SSSR count). The number of rotatable bonds is 5. The fourth-order valence-electron chi connectivity index (χ4n) is 3.33. The lowest BCUT2D eigenvalue weighted by molar-refractivity contribution is -0.147. The number of fused-ring (bicyclic) bond motifs is 1. The van der Waals surface area contributed by atoms with E-state index in [-0.39, 0.29) is 11.8 Å². The largest absolute Gasteiger partial charge is 0.495 e. The molecule has 6 heteroatoms. The van der Waals surface area contributed by atoms with E-state index in [0.717, 1.165) is 16.5 Å². The number of likely N-dealkylation sites (tertiary alicyclic amines) is 1. The Bertz CT molecular complexity index is 979. The smallest absolute Gasteiger partial charge is 0.252 e. The van der Waals surface area contributed by atoms with Crippen LogP contribution >= 0.6 is 0 Å². The third-order valence-corrected chi connectivity index (χ3v) is 4.73. The summed E-state index contributed by atoms with van der Waals surface area (Å²) in [6.07, 6.45) is 2.28. The van der Waals surface area contributed by atoms with Gasteiger partial charge in [0.25, 0.3) is 5.91 Å². The van der Waals surface area contributed by atoms with Crippen LogP contribution in [0.1, 0.15) is 18.0 Å². The number of H-pyrrole nitrogens is 1. The van der Waals surface area contributed by atoms with Crippen LogP contribution in [0.5, 0.6) is 5.75 Å². The second-order valence-corrected chi connectivity index (χ2v) is 6.22. The summed E-state index contributed by atoms with van der Waals surface area (Å²) in [7, 11) is 1.56. The van der Waals surface area contributed by atoms with Crippen molar-refractivity contribution < 1.29 is 14.3 Å². The number of carbonyl (C=O) groups is 2. The number of aromatic nitrogens is 1. The topological polar surface area (TPSA) is 74.4 Å². The normalized spacial score (nSPS) is 14.8. The van der Waals surface area contributed by atoms with E-state index in [4.69, 9.17) is 4.74 Å². The van der Waals surface area contributed by atoms with E-state index in [1.54, 1.807) is 24.1 Å². The molecule has 0 bridgehead atoms. The predicted octanol–water partition coefficient (Wildman–Crippen LogP) is 3.09. The van der Waals surface area contributed by atoms with Crippen LogP contribution in [0.2, 0.25) is 0 Å². The third kappa shape index (κ3) is 2.69. The Morgan fingerprint density at radius 2 is 1.96 bits per heavy atom. The fraction of sp³-hybridized carbons (Fsp3) is 0.200. The predicted molar refractivity (Wildman–Crippen MR) is 99.0 cm³/mol. The Morgan fingerprint density at radius 3 is 2.69 bits per heavy atom. The van der Waals surface area contributed by atoms with Crippen molar-refractivity contribution in [2.75, 3.05) is 19.0 Å². The number of anilines is 1. The van der Waals surface area contributed by atoms with Crippen LogP contribution in [0.25, 0.3) is 10.9 Å². The summed E-state index contributed by atoms with van der Waals surface area (Å²) in [5.74, 6) is 0.302. The fourth-order valence-corrected chi connectivity index (χ4v) is 3.33. The van der Waals surface area contributed by atoms with Crippen molar-refractivity contribution in [1.29, 1.82) is 0 Å². The molecule has 2 heterocycles. The second kappa shape index (κ2) is 6.55. The molecular weight excluding hydrogens is 330 g/mol. The molecule has 3 aromatic rings. The first kappa shape index (κ1) is 16.2. The first-order valence-corrected chi connectivity index (χ1v) is 8.48. The molecule has 0 spiro atoms. The van der Waals surface area contributed by atoms with E-state index in [1.165, 1.54) is 0 Å². The van der Waals surface area contributed by atoms with Gasteiger partial charge in [-0.3, -0.25) is 9.59 Å². The molecule has 1 aliphatic rings. The number of para-hydroxylation sites is 3. The van der Waals surface area contributed by atoms with Crippen LogP contribution in [-0.4, -0.2) is 35.4 Å². The number of nitrogens with one attached hydrogen (secondary N) is 2. The lowest BCUT2D eigenvalue weighted by Gasteiger charge is -2.37. The van der Waals surface area contributed by atoms with Crippen molar-refractivity contribution in [2.45, 2.75) is 12.5 Å². The molecule has 26 heavy (non-hydrogen) atoms. The first-order chi connectivity index (χ1) is 12.7. The van der Waals surface area contributed by atoms with Crippen LogP contribution in [-0.2, 0) is 9.59 Å². The number of benzene rings is 2. The van der Waals surface area contributed by atoms with Crippen molar-refractivity contribution in [3.63, 3.8) is 0 Å². The third-order valence-electron chi connectivity index (χ3n) is 4.73. The average Bonchev–Trinajstić information content (AvgIpc) is 3.08. The Kier molecular flexibility index (Phi) is 4.08. The van der Waals surface area contributed by atoms with Crippen molar-refractivity contribution in [3.05, 3.63) is 60.3 Å². The highest BCUT2D eigenvalue weighted by Crippen LogP contribution is 2.34.